The van der Waals surface area contributed by atoms with Crippen LogP contribution in [0, 0.1) is 0 Å². The average Bonchev–Trinajstić information content (AvgIpc) is 2.68. The number of carbonyl (C=O) groups is 2. The third-order valence-electron chi connectivity index (χ3n) is 2.81. The zero-order valence-corrected chi connectivity index (χ0v) is 9.60. The van der Waals surface area contributed by atoms with E-state index in [4.69, 9.17) is 9.47 Å². The fourth-order valence-corrected chi connectivity index (χ4v) is 1.78. The number of alkyl carbamates (subject to hydrolysis) is 1. The number of rotatable bonds is 3. The first-order chi connectivity index (χ1) is 8.11. The summed E-state index contributed by atoms with van der Waals surface area (Å²) in [7, 11) is 1.59. The summed E-state index contributed by atoms with van der Waals surface area (Å²) in [6.45, 7) is 1.84. The fourth-order valence-electron chi connectivity index (χ4n) is 1.78. The van der Waals surface area contributed by atoms with Crippen molar-refractivity contribution in [3.63, 3.8) is 0 Å². The summed E-state index contributed by atoms with van der Waals surface area (Å²) >= 11 is 0. The van der Waals surface area contributed by atoms with Gasteiger partial charge in [0.2, 0.25) is 0 Å². The number of cyclic esters (lactones) is 1. The Hall–Kier alpha value is -2.04. The molecule has 0 radical (unpaired) electrons. The van der Waals surface area contributed by atoms with Crippen LogP contribution in [0.1, 0.15) is 18.4 Å². The highest BCUT2D eigenvalue weighted by molar-refractivity contribution is 6.00. The largest absolute Gasteiger partial charge is 0.497 e. The van der Waals surface area contributed by atoms with Crippen LogP contribution in [0.15, 0.2) is 24.3 Å². The molecule has 0 bridgehead atoms. The molecule has 0 aromatic heterocycles. The first-order valence-corrected chi connectivity index (χ1v) is 5.27. The highest BCUT2D eigenvalue weighted by Gasteiger charge is 2.37. The molecule has 2 unspecified atom stereocenters. The lowest BCUT2D eigenvalue weighted by Gasteiger charge is -2.16. The maximum absolute atomic E-state index is 11.4. The van der Waals surface area contributed by atoms with Gasteiger partial charge in [-0.25, -0.2) is 4.79 Å². The third-order valence-corrected chi connectivity index (χ3v) is 2.81. The van der Waals surface area contributed by atoms with Crippen molar-refractivity contribution >= 4 is 12.0 Å². The normalized spacial score (nSPS) is 20.7. The standard InChI is InChI=1S/C12H13NO4/c1-7(10-11(14)13-12(15)17-10)8-3-5-9(16-2)6-4-8/h3-7,10H,1-2H3,(H,13,14,15). The van der Waals surface area contributed by atoms with Gasteiger partial charge in [-0.15, -0.1) is 0 Å². The molecular formula is C12H13NO4. The van der Waals surface area contributed by atoms with Crippen molar-refractivity contribution in [1.29, 1.82) is 0 Å². The minimum absolute atomic E-state index is 0.188. The van der Waals surface area contributed by atoms with E-state index < -0.39 is 18.1 Å². The molecule has 1 aliphatic heterocycles. The Morgan fingerprint density at radius 1 is 1.29 bits per heavy atom. The maximum Gasteiger partial charge on any atom is 0.414 e. The lowest BCUT2D eigenvalue weighted by molar-refractivity contribution is -0.124. The lowest BCUT2D eigenvalue weighted by atomic mass is 9.95. The molecule has 17 heavy (non-hydrogen) atoms. The summed E-state index contributed by atoms with van der Waals surface area (Å²) in [5.74, 6) is 0.166. The summed E-state index contributed by atoms with van der Waals surface area (Å²) in [6, 6.07) is 7.31. The summed E-state index contributed by atoms with van der Waals surface area (Å²) in [4.78, 5) is 22.4. The van der Waals surface area contributed by atoms with Crippen LogP contribution in [0.25, 0.3) is 0 Å². The van der Waals surface area contributed by atoms with E-state index in [1.54, 1.807) is 19.2 Å². The van der Waals surface area contributed by atoms with Crippen LogP contribution in [0.4, 0.5) is 4.79 Å². The Kier molecular flexibility index (Phi) is 2.99. The van der Waals surface area contributed by atoms with Crippen molar-refractivity contribution in [2.45, 2.75) is 18.9 Å². The van der Waals surface area contributed by atoms with Crippen LogP contribution in [0.3, 0.4) is 0 Å². The number of methoxy groups -OCH3 is 1. The Balaban J connectivity index is 2.16. The smallest absolute Gasteiger partial charge is 0.414 e. The molecule has 1 N–H and O–H groups in total. The topological polar surface area (TPSA) is 64.6 Å². The van der Waals surface area contributed by atoms with E-state index in [0.717, 1.165) is 11.3 Å². The van der Waals surface area contributed by atoms with Crippen molar-refractivity contribution in [3.8, 4) is 5.75 Å². The quantitative estimate of drug-likeness (QED) is 0.860. The molecule has 0 saturated carbocycles. The zero-order valence-electron chi connectivity index (χ0n) is 9.60. The first-order valence-electron chi connectivity index (χ1n) is 5.27. The average molecular weight is 235 g/mol. The first kappa shape index (κ1) is 11.4. The second-order valence-electron chi connectivity index (χ2n) is 3.88. The van der Waals surface area contributed by atoms with Gasteiger partial charge >= 0.3 is 6.09 Å². The van der Waals surface area contributed by atoms with Crippen LogP contribution in [-0.4, -0.2) is 25.2 Å². The monoisotopic (exact) mass is 235 g/mol. The molecular weight excluding hydrogens is 222 g/mol. The highest BCUT2D eigenvalue weighted by Crippen LogP contribution is 2.25. The van der Waals surface area contributed by atoms with Gasteiger partial charge in [0.25, 0.3) is 5.91 Å². The van der Waals surface area contributed by atoms with Crippen LogP contribution >= 0.6 is 0 Å². The predicted molar refractivity (Wildman–Crippen MR) is 59.8 cm³/mol. The van der Waals surface area contributed by atoms with Gasteiger partial charge in [-0.05, 0) is 17.7 Å². The van der Waals surface area contributed by atoms with E-state index in [1.165, 1.54) is 0 Å². The number of amides is 2. The summed E-state index contributed by atoms with van der Waals surface area (Å²) in [6.07, 6.45) is -1.43. The second kappa shape index (κ2) is 4.45. The molecule has 2 amide bonds. The van der Waals surface area contributed by atoms with Crippen molar-refractivity contribution in [2.24, 2.45) is 0 Å². The van der Waals surface area contributed by atoms with Crippen molar-refractivity contribution in [2.75, 3.05) is 7.11 Å². The number of hydrogen-bond donors (Lipinski definition) is 1. The molecule has 90 valence electrons. The van der Waals surface area contributed by atoms with Gasteiger partial charge in [0.1, 0.15) is 5.75 Å². The Morgan fingerprint density at radius 2 is 1.94 bits per heavy atom. The molecule has 1 heterocycles. The van der Waals surface area contributed by atoms with E-state index in [-0.39, 0.29) is 5.92 Å². The molecule has 5 nitrogen and oxygen atoms in total. The van der Waals surface area contributed by atoms with Gasteiger partial charge in [-0.2, -0.15) is 0 Å². The minimum atomic E-state index is -0.754. The molecule has 1 aliphatic rings. The number of hydrogen-bond acceptors (Lipinski definition) is 4. The second-order valence-corrected chi connectivity index (χ2v) is 3.88. The number of imide groups is 1. The fraction of sp³-hybridized carbons (Fsp3) is 0.333. The molecule has 1 fully saturated rings. The van der Waals surface area contributed by atoms with Gasteiger partial charge in [0.15, 0.2) is 6.10 Å². The molecule has 2 atom stereocenters. The summed E-state index contributed by atoms with van der Waals surface area (Å²) < 4.78 is 9.96. The van der Waals surface area contributed by atoms with Crippen molar-refractivity contribution in [1.82, 2.24) is 5.32 Å². The molecule has 5 heteroatoms. The zero-order chi connectivity index (χ0) is 12.4. The van der Waals surface area contributed by atoms with Gasteiger partial charge in [0.05, 0.1) is 7.11 Å². The molecule has 1 aromatic rings. The molecule has 2 rings (SSSR count). The van der Waals surface area contributed by atoms with E-state index in [2.05, 4.69) is 5.32 Å². The number of nitrogens with one attached hydrogen (secondary N) is 1. The van der Waals surface area contributed by atoms with Crippen LogP contribution in [0.5, 0.6) is 5.75 Å². The number of ether oxygens (including phenoxy) is 2. The Labute approximate surface area is 98.7 Å². The van der Waals surface area contributed by atoms with Crippen molar-refractivity contribution in [3.05, 3.63) is 29.8 Å². The Morgan fingerprint density at radius 3 is 2.41 bits per heavy atom. The van der Waals surface area contributed by atoms with E-state index >= 15 is 0 Å². The number of carbonyl (C=O) groups excluding carboxylic acids is 2. The van der Waals surface area contributed by atoms with Gasteiger partial charge in [-0.1, -0.05) is 19.1 Å². The molecule has 0 spiro atoms. The van der Waals surface area contributed by atoms with E-state index in [0.29, 0.717) is 0 Å². The van der Waals surface area contributed by atoms with Crippen molar-refractivity contribution < 1.29 is 19.1 Å². The number of benzene rings is 1. The van der Waals surface area contributed by atoms with Gasteiger partial charge < -0.3 is 9.47 Å². The van der Waals surface area contributed by atoms with Gasteiger partial charge in [-0.3, -0.25) is 10.1 Å². The van der Waals surface area contributed by atoms with Crippen LogP contribution < -0.4 is 10.1 Å². The minimum Gasteiger partial charge on any atom is -0.497 e. The SMILES string of the molecule is COc1ccc(C(C)C2OC(=O)NC2=O)cc1. The molecule has 0 aliphatic carbocycles. The maximum atomic E-state index is 11.4. The molecule has 1 aromatic carbocycles. The Bertz CT molecular complexity index is 440. The third kappa shape index (κ3) is 2.22. The van der Waals surface area contributed by atoms with E-state index in [1.807, 2.05) is 19.1 Å². The summed E-state index contributed by atoms with van der Waals surface area (Å²) in [5, 5.41) is 2.12. The lowest BCUT2D eigenvalue weighted by Crippen LogP contribution is -2.28. The highest BCUT2D eigenvalue weighted by atomic mass is 16.6. The van der Waals surface area contributed by atoms with Crippen LogP contribution in [-0.2, 0) is 9.53 Å². The summed E-state index contributed by atoms with van der Waals surface area (Å²) in [5.41, 5.74) is 0.917. The van der Waals surface area contributed by atoms with Crippen LogP contribution in [0.2, 0.25) is 0 Å². The molecule has 1 saturated heterocycles. The van der Waals surface area contributed by atoms with Gasteiger partial charge in [0, 0.05) is 5.92 Å². The van der Waals surface area contributed by atoms with E-state index in [9.17, 15) is 9.59 Å². The predicted octanol–water partition coefficient (Wildman–Crippen LogP) is 1.43.